The van der Waals surface area contributed by atoms with Crippen molar-refractivity contribution in [1.29, 1.82) is 0 Å². The molecule has 12 heavy (non-hydrogen) atoms. The van der Waals surface area contributed by atoms with Gasteiger partial charge in [-0.2, -0.15) is 0 Å². The van der Waals surface area contributed by atoms with Crippen LogP contribution in [0.5, 0.6) is 5.75 Å². The fourth-order valence-corrected chi connectivity index (χ4v) is 1.25. The number of hydrogen-bond acceptors (Lipinski definition) is 2. The number of nitrogens with one attached hydrogen (secondary N) is 1. The molecule has 3 N–H and O–H groups in total. The van der Waals surface area contributed by atoms with Crippen molar-refractivity contribution in [2.75, 3.05) is 6.61 Å². The first-order valence-corrected chi connectivity index (χ1v) is 4.25. The lowest BCUT2D eigenvalue weighted by molar-refractivity contribution is 0.0996. The van der Waals surface area contributed by atoms with Gasteiger partial charge >= 0.3 is 0 Å². The molecular formula is C7H9BrN2O2. The zero-order valence-corrected chi connectivity index (χ0v) is 8.14. The molecule has 0 spiro atoms. The number of carbonyl (C=O) groups is 1. The summed E-state index contributed by atoms with van der Waals surface area (Å²) in [5.74, 6) is 0.105. The van der Waals surface area contributed by atoms with Gasteiger partial charge in [-0.1, -0.05) is 0 Å². The van der Waals surface area contributed by atoms with Gasteiger partial charge in [0.15, 0.2) is 5.75 Å². The Kier molecular flexibility index (Phi) is 2.75. The van der Waals surface area contributed by atoms with E-state index in [-0.39, 0.29) is 0 Å². The summed E-state index contributed by atoms with van der Waals surface area (Å²) in [6.07, 6.45) is 0. The van der Waals surface area contributed by atoms with E-state index in [9.17, 15) is 4.79 Å². The number of aromatic amines is 1. The average molecular weight is 233 g/mol. The molecule has 5 heteroatoms. The van der Waals surface area contributed by atoms with Gasteiger partial charge in [0.25, 0.3) is 5.91 Å². The highest BCUT2D eigenvalue weighted by atomic mass is 79.9. The highest BCUT2D eigenvalue weighted by molar-refractivity contribution is 9.10. The number of rotatable bonds is 3. The summed E-state index contributed by atoms with van der Waals surface area (Å²) in [7, 11) is 0. The maximum Gasteiger partial charge on any atom is 0.265 e. The minimum absolute atomic E-state index is 0.338. The van der Waals surface area contributed by atoms with Crippen molar-refractivity contribution < 1.29 is 9.53 Å². The van der Waals surface area contributed by atoms with Crippen LogP contribution in [-0.4, -0.2) is 17.5 Å². The van der Waals surface area contributed by atoms with Crippen LogP contribution in [0.15, 0.2) is 10.7 Å². The first-order chi connectivity index (χ1) is 5.65. The average Bonchev–Trinajstić information content (AvgIpc) is 2.34. The molecule has 1 aromatic rings. The smallest absolute Gasteiger partial charge is 0.265 e. The number of H-pyrrole nitrogens is 1. The molecule has 1 aromatic heterocycles. The summed E-state index contributed by atoms with van der Waals surface area (Å²) in [6.45, 7) is 2.41. The maximum atomic E-state index is 10.7. The molecule has 0 aliphatic rings. The second-order valence-electron chi connectivity index (χ2n) is 2.16. The Morgan fingerprint density at radius 3 is 2.92 bits per heavy atom. The largest absolute Gasteiger partial charge is 0.491 e. The fraction of sp³-hybridized carbons (Fsp3) is 0.286. The number of primary amides is 1. The molecule has 1 amide bonds. The summed E-state index contributed by atoms with van der Waals surface area (Å²) in [6, 6.07) is 1.57. The monoisotopic (exact) mass is 232 g/mol. The van der Waals surface area contributed by atoms with Crippen LogP contribution < -0.4 is 10.5 Å². The number of aromatic nitrogens is 1. The minimum Gasteiger partial charge on any atom is -0.491 e. The fourth-order valence-electron chi connectivity index (χ4n) is 0.804. The van der Waals surface area contributed by atoms with Crippen LogP contribution in [0.1, 0.15) is 17.4 Å². The molecule has 1 rings (SSSR count). The minimum atomic E-state index is -0.498. The standard InChI is InChI=1S/C7H9BrN2O2/c1-2-12-5-3-4(7(9)11)10-6(5)8/h3,10H,2H2,1H3,(H2,9,11). The van der Waals surface area contributed by atoms with Gasteiger partial charge in [0.2, 0.25) is 0 Å². The number of nitrogens with two attached hydrogens (primary N) is 1. The molecule has 0 aliphatic heterocycles. The lowest BCUT2D eigenvalue weighted by Gasteiger charge is -1.97. The molecule has 1 heterocycles. The Hall–Kier alpha value is -0.970. The highest BCUT2D eigenvalue weighted by Gasteiger charge is 2.09. The molecular weight excluding hydrogens is 224 g/mol. The quantitative estimate of drug-likeness (QED) is 0.825. The van der Waals surface area contributed by atoms with E-state index in [2.05, 4.69) is 20.9 Å². The predicted octanol–water partition coefficient (Wildman–Crippen LogP) is 1.27. The molecule has 0 saturated heterocycles. The molecule has 4 nitrogen and oxygen atoms in total. The molecule has 0 fully saturated rings. The van der Waals surface area contributed by atoms with Gasteiger partial charge in [0.1, 0.15) is 10.3 Å². The molecule has 0 aromatic carbocycles. The topological polar surface area (TPSA) is 68.1 Å². The third kappa shape index (κ3) is 1.79. The van der Waals surface area contributed by atoms with E-state index in [1.807, 2.05) is 6.92 Å². The van der Waals surface area contributed by atoms with Crippen molar-refractivity contribution in [3.05, 3.63) is 16.4 Å². The van der Waals surface area contributed by atoms with Crippen LogP contribution in [0.3, 0.4) is 0 Å². The van der Waals surface area contributed by atoms with Crippen molar-refractivity contribution in [2.24, 2.45) is 5.73 Å². The first-order valence-electron chi connectivity index (χ1n) is 3.46. The van der Waals surface area contributed by atoms with Gasteiger partial charge in [-0.15, -0.1) is 0 Å². The zero-order valence-electron chi connectivity index (χ0n) is 6.56. The summed E-state index contributed by atoms with van der Waals surface area (Å²) in [5, 5.41) is 0. The zero-order chi connectivity index (χ0) is 9.14. The van der Waals surface area contributed by atoms with Crippen LogP contribution in [0.25, 0.3) is 0 Å². The van der Waals surface area contributed by atoms with E-state index in [1.165, 1.54) is 0 Å². The number of ether oxygens (including phenoxy) is 1. The van der Waals surface area contributed by atoms with Crippen LogP contribution in [0.2, 0.25) is 0 Å². The molecule has 0 saturated carbocycles. The highest BCUT2D eigenvalue weighted by Crippen LogP contribution is 2.24. The van der Waals surface area contributed by atoms with Crippen LogP contribution in [0.4, 0.5) is 0 Å². The molecule has 0 unspecified atom stereocenters. The van der Waals surface area contributed by atoms with Crippen molar-refractivity contribution in [3.8, 4) is 5.75 Å². The normalized spacial score (nSPS) is 9.83. The first kappa shape index (κ1) is 9.12. The summed E-state index contributed by atoms with van der Waals surface area (Å²) in [4.78, 5) is 13.4. The van der Waals surface area contributed by atoms with Gasteiger partial charge in [0, 0.05) is 6.07 Å². The molecule has 0 atom stereocenters. The van der Waals surface area contributed by atoms with Gasteiger partial charge in [-0.25, -0.2) is 0 Å². The Morgan fingerprint density at radius 2 is 2.50 bits per heavy atom. The predicted molar refractivity (Wildman–Crippen MR) is 48.2 cm³/mol. The molecule has 0 bridgehead atoms. The van der Waals surface area contributed by atoms with Crippen LogP contribution in [0, 0.1) is 0 Å². The second kappa shape index (κ2) is 3.62. The van der Waals surface area contributed by atoms with E-state index in [1.54, 1.807) is 6.07 Å². The van der Waals surface area contributed by atoms with E-state index in [0.29, 0.717) is 22.7 Å². The summed E-state index contributed by atoms with van der Waals surface area (Å²) in [5.41, 5.74) is 5.38. The Morgan fingerprint density at radius 1 is 1.83 bits per heavy atom. The second-order valence-corrected chi connectivity index (χ2v) is 2.95. The van der Waals surface area contributed by atoms with Crippen molar-refractivity contribution >= 4 is 21.8 Å². The molecule has 66 valence electrons. The van der Waals surface area contributed by atoms with Gasteiger partial charge in [-0.05, 0) is 22.9 Å². The molecule has 0 radical (unpaired) electrons. The maximum absolute atomic E-state index is 10.7. The van der Waals surface area contributed by atoms with Gasteiger partial charge in [-0.3, -0.25) is 4.79 Å². The van der Waals surface area contributed by atoms with Crippen molar-refractivity contribution in [2.45, 2.75) is 6.92 Å². The third-order valence-electron chi connectivity index (χ3n) is 1.30. The van der Waals surface area contributed by atoms with Crippen LogP contribution >= 0.6 is 15.9 Å². The van der Waals surface area contributed by atoms with E-state index < -0.39 is 5.91 Å². The number of amides is 1. The van der Waals surface area contributed by atoms with Gasteiger partial charge in [0.05, 0.1) is 6.61 Å². The SMILES string of the molecule is CCOc1cc(C(N)=O)[nH]c1Br. The Labute approximate surface area is 78.2 Å². The van der Waals surface area contributed by atoms with Crippen molar-refractivity contribution in [3.63, 3.8) is 0 Å². The number of halogens is 1. The number of carbonyl (C=O) groups excluding carboxylic acids is 1. The van der Waals surface area contributed by atoms with E-state index in [4.69, 9.17) is 10.5 Å². The Balaban J connectivity index is 2.92. The van der Waals surface area contributed by atoms with Gasteiger partial charge < -0.3 is 15.5 Å². The Bertz CT molecular complexity index is 296. The van der Waals surface area contributed by atoms with Crippen LogP contribution in [-0.2, 0) is 0 Å². The van der Waals surface area contributed by atoms with E-state index in [0.717, 1.165) is 0 Å². The summed E-state index contributed by atoms with van der Waals surface area (Å²) >= 11 is 3.20. The summed E-state index contributed by atoms with van der Waals surface area (Å²) < 4.78 is 5.82. The molecule has 0 aliphatic carbocycles. The lowest BCUT2D eigenvalue weighted by Crippen LogP contribution is -2.10. The third-order valence-corrected chi connectivity index (χ3v) is 1.89. The van der Waals surface area contributed by atoms with E-state index >= 15 is 0 Å². The lowest BCUT2D eigenvalue weighted by atomic mass is 10.4. The number of hydrogen-bond donors (Lipinski definition) is 2. The van der Waals surface area contributed by atoms with Crippen molar-refractivity contribution in [1.82, 2.24) is 4.98 Å².